The molecule has 1 aromatic heterocycles. The summed E-state index contributed by atoms with van der Waals surface area (Å²) in [5.41, 5.74) is 0. The Kier molecular flexibility index (Phi) is 4.45. The smallest absolute Gasteiger partial charge is 0.226 e. The van der Waals surface area contributed by atoms with Crippen molar-refractivity contribution in [2.45, 2.75) is 44.4 Å². The molecule has 106 valence electrons. The minimum absolute atomic E-state index is 0.435. The van der Waals surface area contributed by atoms with Crippen LogP contribution in [0.25, 0.3) is 0 Å². The molecule has 0 amide bonds. The van der Waals surface area contributed by atoms with Gasteiger partial charge in [-0.1, -0.05) is 5.16 Å². The van der Waals surface area contributed by atoms with E-state index in [1.807, 2.05) is 0 Å². The van der Waals surface area contributed by atoms with Gasteiger partial charge in [0.15, 0.2) is 5.82 Å². The van der Waals surface area contributed by atoms with Gasteiger partial charge in [-0.2, -0.15) is 4.98 Å². The number of rotatable bonds is 4. The van der Waals surface area contributed by atoms with E-state index in [4.69, 9.17) is 9.26 Å². The highest BCUT2D eigenvalue weighted by Gasteiger charge is 2.21. The van der Waals surface area contributed by atoms with Crippen LogP contribution in [0.3, 0.4) is 0 Å². The number of hydrogen-bond acceptors (Lipinski definition) is 5. The molecule has 5 heteroatoms. The summed E-state index contributed by atoms with van der Waals surface area (Å²) in [6.45, 7) is 3.96. The molecule has 5 nitrogen and oxygen atoms in total. The molecule has 0 spiro atoms. The summed E-state index contributed by atoms with van der Waals surface area (Å²) in [4.78, 5) is 4.57. The highest BCUT2D eigenvalue weighted by atomic mass is 16.5. The Balaban J connectivity index is 1.49. The van der Waals surface area contributed by atoms with Crippen LogP contribution in [0.2, 0.25) is 0 Å². The average Bonchev–Trinajstić information content (AvgIpc) is 2.96. The van der Waals surface area contributed by atoms with E-state index in [1.54, 1.807) is 0 Å². The zero-order chi connectivity index (χ0) is 12.9. The van der Waals surface area contributed by atoms with Gasteiger partial charge in [0.1, 0.15) is 0 Å². The first kappa shape index (κ1) is 13.1. The van der Waals surface area contributed by atoms with Gasteiger partial charge in [-0.25, -0.2) is 0 Å². The van der Waals surface area contributed by atoms with Gasteiger partial charge in [-0.15, -0.1) is 0 Å². The lowest BCUT2D eigenvalue weighted by atomic mass is 9.93. The number of nitrogens with one attached hydrogen (secondary N) is 1. The molecule has 0 bridgehead atoms. The molecule has 2 aliphatic rings. The standard InChI is InChI=1S/C14H23N3O2/c1(11-3-7-15-8-4-11)2-13-16-14(17-19-13)12-5-9-18-10-6-12/h11-12,15H,1-10H2. The number of aryl methyl sites for hydroxylation is 1. The minimum atomic E-state index is 0.435. The first-order chi connectivity index (χ1) is 9.42. The molecule has 1 N–H and O–H groups in total. The topological polar surface area (TPSA) is 60.2 Å². The number of ether oxygens (including phenoxy) is 1. The van der Waals surface area contributed by atoms with E-state index in [0.29, 0.717) is 5.92 Å². The quantitative estimate of drug-likeness (QED) is 0.901. The third-order valence-electron chi connectivity index (χ3n) is 4.30. The second-order valence-corrected chi connectivity index (χ2v) is 5.67. The van der Waals surface area contributed by atoms with Crippen molar-refractivity contribution in [2.75, 3.05) is 26.3 Å². The molecular weight excluding hydrogens is 242 g/mol. The van der Waals surface area contributed by atoms with Gasteiger partial charge in [-0.05, 0) is 51.1 Å². The van der Waals surface area contributed by atoms with Gasteiger partial charge >= 0.3 is 0 Å². The minimum Gasteiger partial charge on any atom is -0.381 e. The monoisotopic (exact) mass is 265 g/mol. The SMILES string of the molecule is C1CC(CCc2nc(C3CCOCC3)no2)CCN1. The molecule has 0 atom stereocenters. The Morgan fingerprint density at radius 3 is 2.68 bits per heavy atom. The lowest BCUT2D eigenvalue weighted by molar-refractivity contribution is 0.0830. The molecule has 0 unspecified atom stereocenters. The van der Waals surface area contributed by atoms with Gasteiger partial charge < -0.3 is 14.6 Å². The molecule has 2 saturated heterocycles. The fourth-order valence-electron chi connectivity index (χ4n) is 2.99. The second kappa shape index (κ2) is 6.48. The highest BCUT2D eigenvalue weighted by molar-refractivity contribution is 4.96. The van der Waals surface area contributed by atoms with Gasteiger partial charge in [0.05, 0.1) is 0 Å². The summed E-state index contributed by atoms with van der Waals surface area (Å²) >= 11 is 0. The Bertz CT molecular complexity index is 382. The van der Waals surface area contributed by atoms with Crippen LogP contribution < -0.4 is 5.32 Å². The Morgan fingerprint density at radius 2 is 1.89 bits per heavy atom. The van der Waals surface area contributed by atoms with Crippen molar-refractivity contribution in [3.05, 3.63) is 11.7 Å². The van der Waals surface area contributed by atoms with Crippen molar-refractivity contribution in [2.24, 2.45) is 5.92 Å². The van der Waals surface area contributed by atoms with Crippen LogP contribution >= 0.6 is 0 Å². The fourth-order valence-corrected chi connectivity index (χ4v) is 2.99. The molecular formula is C14H23N3O2. The summed E-state index contributed by atoms with van der Waals surface area (Å²) in [5, 5.41) is 7.55. The maximum absolute atomic E-state index is 5.39. The molecule has 0 saturated carbocycles. The average molecular weight is 265 g/mol. The fraction of sp³-hybridized carbons (Fsp3) is 0.857. The van der Waals surface area contributed by atoms with Crippen LogP contribution in [0.1, 0.15) is 49.7 Å². The maximum atomic E-state index is 5.39. The van der Waals surface area contributed by atoms with Crippen LogP contribution in [0.5, 0.6) is 0 Å². The molecule has 1 aromatic rings. The van der Waals surface area contributed by atoms with Crippen LogP contribution in [-0.2, 0) is 11.2 Å². The third kappa shape index (κ3) is 3.54. The Labute approximate surface area is 114 Å². The highest BCUT2D eigenvalue weighted by Crippen LogP contribution is 2.25. The number of piperidine rings is 1. The number of aromatic nitrogens is 2. The van der Waals surface area contributed by atoms with Gasteiger partial charge in [0.2, 0.25) is 5.89 Å². The lowest BCUT2D eigenvalue weighted by Crippen LogP contribution is -2.27. The van der Waals surface area contributed by atoms with Gasteiger partial charge in [0.25, 0.3) is 0 Å². The first-order valence-electron chi connectivity index (χ1n) is 7.53. The Hall–Kier alpha value is -0.940. The molecule has 0 aliphatic carbocycles. The first-order valence-corrected chi connectivity index (χ1v) is 7.53. The molecule has 0 aromatic carbocycles. The molecule has 0 radical (unpaired) electrons. The zero-order valence-electron chi connectivity index (χ0n) is 11.4. The zero-order valence-corrected chi connectivity index (χ0v) is 11.4. The summed E-state index contributed by atoms with van der Waals surface area (Å²) in [5.74, 6) is 2.97. The predicted molar refractivity (Wildman–Crippen MR) is 71.0 cm³/mol. The molecule has 3 rings (SSSR count). The van der Waals surface area contributed by atoms with E-state index in [-0.39, 0.29) is 0 Å². The van der Waals surface area contributed by atoms with Crippen LogP contribution in [0.4, 0.5) is 0 Å². The third-order valence-corrected chi connectivity index (χ3v) is 4.30. The van der Waals surface area contributed by atoms with E-state index >= 15 is 0 Å². The van der Waals surface area contributed by atoms with Crippen molar-refractivity contribution >= 4 is 0 Å². The van der Waals surface area contributed by atoms with Gasteiger partial charge in [0, 0.05) is 25.6 Å². The van der Waals surface area contributed by atoms with E-state index < -0.39 is 0 Å². The number of hydrogen-bond donors (Lipinski definition) is 1. The summed E-state index contributed by atoms with van der Waals surface area (Å²) in [7, 11) is 0. The Morgan fingerprint density at radius 1 is 1.11 bits per heavy atom. The summed E-state index contributed by atoms with van der Waals surface area (Å²) < 4.78 is 10.8. The molecule has 19 heavy (non-hydrogen) atoms. The largest absolute Gasteiger partial charge is 0.381 e. The second-order valence-electron chi connectivity index (χ2n) is 5.67. The summed E-state index contributed by atoms with van der Waals surface area (Å²) in [6.07, 6.45) is 6.71. The van der Waals surface area contributed by atoms with Gasteiger partial charge in [-0.3, -0.25) is 0 Å². The van der Waals surface area contributed by atoms with E-state index in [9.17, 15) is 0 Å². The van der Waals surface area contributed by atoms with Crippen LogP contribution in [0, 0.1) is 5.92 Å². The van der Waals surface area contributed by atoms with Crippen molar-refractivity contribution in [1.29, 1.82) is 0 Å². The predicted octanol–water partition coefficient (Wildman–Crippen LogP) is 1.90. The van der Waals surface area contributed by atoms with Crippen molar-refractivity contribution in [3.63, 3.8) is 0 Å². The lowest BCUT2D eigenvalue weighted by Gasteiger charge is -2.21. The molecule has 2 fully saturated rings. The van der Waals surface area contributed by atoms with E-state index in [2.05, 4.69) is 15.5 Å². The molecule has 2 aliphatic heterocycles. The normalized spacial score (nSPS) is 22.7. The van der Waals surface area contributed by atoms with Crippen molar-refractivity contribution in [3.8, 4) is 0 Å². The summed E-state index contributed by atoms with van der Waals surface area (Å²) in [6, 6.07) is 0. The van der Waals surface area contributed by atoms with E-state index in [0.717, 1.165) is 63.2 Å². The van der Waals surface area contributed by atoms with Crippen LogP contribution in [0.15, 0.2) is 4.52 Å². The van der Waals surface area contributed by atoms with Crippen LogP contribution in [-0.4, -0.2) is 36.4 Å². The number of nitrogens with zero attached hydrogens (tertiary/aromatic N) is 2. The maximum Gasteiger partial charge on any atom is 0.226 e. The molecule has 3 heterocycles. The van der Waals surface area contributed by atoms with E-state index in [1.165, 1.54) is 19.3 Å². The van der Waals surface area contributed by atoms with Crippen molar-refractivity contribution < 1.29 is 9.26 Å². The van der Waals surface area contributed by atoms with Crippen molar-refractivity contribution in [1.82, 2.24) is 15.5 Å².